The minimum atomic E-state index is -0.184. The van der Waals surface area contributed by atoms with Crippen molar-refractivity contribution in [3.63, 3.8) is 0 Å². The van der Waals surface area contributed by atoms with Crippen molar-refractivity contribution in [3.05, 3.63) is 51.5 Å². The van der Waals surface area contributed by atoms with Crippen molar-refractivity contribution in [3.8, 4) is 16.6 Å². The van der Waals surface area contributed by atoms with Gasteiger partial charge in [0, 0.05) is 5.38 Å². The lowest BCUT2D eigenvalue weighted by atomic mass is 10.1. The second-order valence-corrected chi connectivity index (χ2v) is 7.24. The molecule has 24 heavy (non-hydrogen) atoms. The highest BCUT2D eigenvalue weighted by molar-refractivity contribution is 7.16. The molecule has 2 aromatic heterocycles. The molecule has 2 heterocycles. The number of nitriles is 1. The molecule has 120 valence electrons. The summed E-state index contributed by atoms with van der Waals surface area (Å²) in [6.07, 6.45) is 0.150. The van der Waals surface area contributed by atoms with Crippen molar-refractivity contribution >= 4 is 33.7 Å². The van der Waals surface area contributed by atoms with E-state index in [1.807, 2.05) is 25.3 Å². The average molecular weight is 354 g/mol. The Labute approximate surface area is 147 Å². The van der Waals surface area contributed by atoms with Crippen LogP contribution in [0, 0.1) is 25.2 Å². The number of aromatic nitrogens is 2. The van der Waals surface area contributed by atoms with Crippen LogP contribution in [0.3, 0.4) is 0 Å². The van der Waals surface area contributed by atoms with Crippen molar-refractivity contribution in [2.75, 3.05) is 5.32 Å². The lowest BCUT2D eigenvalue weighted by Gasteiger charge is -2.03. The molecule has 3 rings (SSSR count). The van der Waals surface area contributed by atoms with Crippen LogP contribution in [0.2, 0.25) is 0 Å². The molecule has 5 nitrogen and oxygen atoms in total. The molecule has 0 spiro atoms. The Bertz CT molecular complexity index is 936. The van der Waals surface area contributed by atoms with E-state index in [-0.39, 0.29) is 12.3 Å². The topological polar surface area (TPSA) is 78.7 Å². The van der Waals surface area contributed by atoms with Gasteiger partial charge in [0.15, 0.2) is 5.13 Å². The molecule has 0 aliphatic heterocycles. The summed E-state index contributed by atoms with van der Waals surface area (Å²) in [5, 5.41) is 15.3. The van der Waals surface area contributed by atoms with Gasteiger partial charge in [0.05, 0.1) is 39.3 Å². The minimum Gasteiger partial charge on any atom is -0.302 e. The number of carbonyl (C=O) groups is 1. The van der Waals surface area contributed by atoms with Gasteiger partial charge in [0.2, 0.25) is 5.91 Å². The average Bonchev–Trinajstić information content (AvgIpc) is 3.13. The fourth-order valence-electron chi connectivity index (χ4n) is 2.32. The third-order valence-electron chi connectivity index (χ3n) is 3.38. The molecule has 1 amide bonds. The van der Waals surface area contributed by atoms with Crippen LogP contribution in [0.5, 0.6) is 0 Å². The molecule has 0 radical (unpaired) electrons. The first kappa shape index (κ1) is 16.3. The maximum Gasteiger partial charge on any atom is 0.230 e. The first-order valence-electron chi connectivity index (χ1n) is 7.24. The summed E-state index contributed by atoms with van der Waals surface area (Å²) >= 11 is 2.97. The SMILES string of the molecule is Cc1nc(C)c(-c2csc(NC(=O)Cc3ccccc3C#N)n2)s1. The minimum absolute atomic E-state index is 0.150. The Morgan fingerprint density at radius 3 is 2.79 bits per heavy atom. The fraction of sp³-hybridized carbons (Fsp3) is 0.176. The quantitative estimate of drug-likeness (QED) is 0.770. The highest BCUT2D eigenvalue weighted by Gasteiger charge is 2.13. The lowest BCUT2D eigenvalue weighted by molar-refractivity contribution is -0.115. The molecule has 0 bridgehead atoms. The van der Waals surface area contributed by atoms with E-state index in [2.05, 4.69) is 21.4 Å². The zero-order valence-electron chi connectivity index (χ0n) is 13.2. The highest BCUT2D eigenvalue weighted by atomic mass is 32.1. The zero-order valence-corrected chi connectivity index (χ0v) is 14.8. The van der Waals surface area contributed by atoms with E-state index in [4.69, 9.17) is 5.26 Å². The van der Waals surface area contributed by atoms with Crippen LogP contribution >= 0.6 is 22.7 Å². The van der Waals surface area contributed by atoms with Gasteiger partial charge < -0.3 is 5.32 Å². The number of benzene rings is 1. The summed E-state index contributed by atoms with van der Waals surface area (Å²) in [4.78, 5) is 22.1. The first-order chi connectivity index (χ1) is 11.6. The predicted molar refractivity (Wildman–Crippen MR) is 96.2 cm³/mol. The van der Waals surface area contributed by atoms with Gasteiger partial charge in [-0.2, -0.15) is 5.26 Å². The van der Waals surface area contributed by atoms with E-state index in [1.165, 1.54) is 11.3 Å². The van der Waals surface area contributed by atoms with Crippen LogP contribution in [0.25, 0.3) is 10.6 Å². The van der Waals surface area contributed by atoms with Crippen LogP contribution < -0.4 is 5.32 Å². The Kier molecular flexibility index (Phi) is 4.69. The van der Waals surface area contributed by atoms with E-state index < -0.39 is 0 Å². The number of amides is 1. The van der Waals surface area contributed by atoms with Crippen molar-refractivity contribution in [2.45, 2.75) is 20.3 Å². The van der Waals surface area contributed by atoms with E-state index in [1.54, 1.807) is 29.5 Å². The molecular formula is C17H14N4OS2. The van der Waals surface area contributed by atoms with Gasteiger partial charge in [-0.05, 0) is 25.5 Å². The molecule has 7 heteroatoms. The summed E-state index contributed by atoms with van der Waals surface area (Å²) < 4.78 is 0. The van der Waals surface area contributed by atoms with E-state index in [0.29, 0.717) is 16.3 Å². The monoisotopic (exact) mass is 354 g/mol. The van der Waals surface area contributed by atoms with Crippen LogP contribution in [-0.2, 0) is 11.2 Å². The van der Waals surface area contributed by atoms with E-state index >= 15 is 0 Å². The number of hydrogen-bond donors (Lipinski definition) is 1. The van der Waals surface area contributed by atoms with Crippen molar-refractivity contribution in [2.24, 2.45) is 0 Å². The molecule has 3 aromatic rings. The number of rotatable bonds is 4. The standard InChI is InChI=1S/C17H14N4OS2/c1-10-16(24-11(2)19-10)14-9-23-17(20-14)21-15(22)7-12-5-3-4-6-13(12)8-18/h3-6,9H,7H2,1-2H3,(H,20,21,22). The molecule has 0 unspecified atom stereocenters. The maximum atomic E-state index is 12.2. The van der Waals surface area contributed by atoms with Gasteiger partial charge in [-0.3, -0.25) is 4.79 Å². The summed E-state index contributed by atoms with van der Waals surface area (Å²) in [6, 6.07) is 9.20. The Morgan fingerprint density at radius 2 is 2.08 bits per heavy atom. The van der Waals surface area contributed by atoms with Crippen LogP contribution in [0.4, 0.5) is 5.13 Å². The normalized spacial score (nSPS) is 10.4. The number of nitrogens with one attached hydrogen (secondary N) is 1. The summed E-state index contributed by atoms with van der Waals surface area (Å²) in [5.41, 5.74) is 3.01. The van der Waals surface area contributed by atoms with E-state index in [0.717, 1.165) is 21.3 Å². The molecule has 0 saturated carbocycles. The van der Waals surface area contributed by atoms with Gasteiger partial charge in [0.25, 0.3) is 0 Å². The van der Waals surface area contributed by atoms with Crippen LogP contribution in [-0.4, -0.2) is 15.9 Å². The Balaban J connectivity index is 1.72. The zero-order chi connectivity index (χ0) is 17.1. The van der Waals surface area contributed by atoms with Gasteiger partial charge in [-0.1, -0.05) is 18.2 Å². The molecule has 0 aliphatic carbocycles. The van der Waals surface area contributed by atoms with E-state index in [9.17, 15) is 4.79 Å². The second kappa shape index (κ2) is 6.91. The lowest BCUT2D eigenvalue weighted by Crippen LogP contribution is -2.14. The third-order valence-corrected chi connectivity index (χ3v) is 5.23. The van der Waals surface area contributed by atoms with Crippen LogP contribution in [0.15, 0.2) is 29.6 Å². The number of thiazole rings is 2. The number of anilines is 1. The van der Waals surface area contributed by atoms with Gasteiger partial charge >= 0.3 is 0 Å². The van der Waals surface area contributed by atoms with Gasteiger partial charge in [-0.25, -0.2) is 9.97 Å². The van der Waals surface area contributed by atoms with Crippen molar-refractivity contribution < 1.29 is 4.79 Å². The molecule has 0 fully saturated rings. The molecule has 0 saturated heterocycles. The molecule has 0 atom stereocenters. The Hall–Kier alpha value is -2.56. The predicted octanol–water partition coefficient (Wildman–Crippen LogP) is 3.94. The number of aryl methyl sites for hydroxylation is 2. The smallest absolute Gasteiger partial charge is 0.230 e. The molecule has 1 aromatic carbocycles. The number of nitrogens with zero attached hydrogens (tertiary/aromatic N) is 3. The summed E-state index contributed by atoms with van der Waals surface area (Å²) in [7, 11) is 0. The number of hydrogen-bond acceptors (Lipinski definition) is 6. The Morgan fingerprint density at radius 1 is 1.29 bits per heavy atom. The van der Waals surface area contributed by atoms with Gasteiger partial charge in [-0.15, -0.1) is 22.7 Å². The van der Waals surface area contributed by atoms with Gasteiger partial charge in [0.1, 0.15) is 0 Å². The maximum absolute atomic E-state index is 12.2. The first-order valence-corrected chi connectivity index (χ1v) is 8.94. The molecular weight excluding hydrogens is 340 g/mol. The third kappa shape index (κ3) is 3.50. The van der Waals surface area contributed by atoms with Crippen molar-refractivity contribution in [1.82, 2.24) is 9.97 Å². The summed E-state index contributed by atoms with van der Waals surface area (Å²) in [6.45, 7) is 3.91. The molecule has 1 N–H and O–H groups in total. The van der Waals surface area contributed by atoms with Crippen LogP contribution in [0.1, 0.15) is 21.8 Å². The summed E-state index contributed by atoms with van der Waals surface area (Å²) in [5.74, 6) is -0.184. The van der Waals surface area contributed by atoms with Crippen molar-refractivity contribution in [1.29, 1.82) is 5.26 Å². The number of carbonyl (C=O) groups excluding carboxylic acids is 1. The molecule has 0 aliphatic rings. The largest absolute Gasteiger partial charge is 0.302 e. The fourth-order valence-corrected chi connectivity index (χ4v) is 4.00. The second-order valence-electron chi connectivity index (χ2n) is 5.18. The highest BCUT2D eigenvalue weighted by Crippen LogP contribution is 2.32.